The van der Waals surface area contributed by atoms with Crippen LogP contribution in [0.4, 0.5) is 0 Å². The SMILES string of the molecule is O=C([C@H](Sc1nnc(COc2ccccc2Cl)o1)c1ccccc1)N1CCOCC1. The smallest absolute Gasteiger partial charge is 0.277 e. The molecule has 1 amide bonds. The maximum atomic E-state index is 13.2. The quantitative estimate of drug-likeness (QED) is 0.509. The van der Waals surface area contributed by atoms with Crippen LogP contribution in [-0.4, -0.2) is 47.3 Å². The first-order valence-electron chi connectivity index (χ1n) is 9.48. The fourth-order valence-electron chi connectivity index (χ4n) is 2.98. The summed E-state index contributed by atoms with van der Waals surface area (Å²) in [6.07, 6.45) is 0. The molecule has 4 rings (SSSR count). The average Bonchev–Trinajstić information content (AvgIpc) is 3.25. The lowest BCUT2D eigenvalue weighted by molar-refractivity contribution is -0.134. The highest BCUT2D eigenvalue weighted by Gasteiger charge is 2.30. The van der Waals surface area contributed by atoms with Gasteiger partial charge in [0.2, 0.25) is 5.91 Å². The molecule has 1 aliphatic heterocycles. The summed E-state index contributed by atoms with van der Waals surface area (Å²) in [5.41, 5.74) is 0.881. The number of aromatic nitrogens is 2. The number of rotatable bonds is 7. The molecule has 9 heteroatoms. The number of hydrogen-bond donors (Lipinski definition) is 0. The van der Waals surface area contributed by atoms with E-state index in [0.29, 0.717) is 48.2 Å². The van der Waals surface area contributed by atoms with Crippen molar-refractivity contribution in [3.05, 3.63) is 71.1 Å². The Morgan fingerprint density at radius 1 is 1.10 bits per heavy atom. The van der Waals surface area contributed by atoms with Crippen LogP contribution in [0.2, 0.25) is 5.02 Å². The summed E-state index contributed by atoms with van der Waals surface area (Å²) in [5, 5.41) is 8.44. The number of nitrogens with zero attached hydrogens (tertiary/aromatic N) is 3. The molecule has 0 unspecified atom stereocenters. The van der Waals surface area contributed by atoms with Gasteiger partial charge in [0.15, 0.2) is 6.61 Å². The summed E-state index contributed by atoms with van der Waals surface area (Å²) in [4.78, 5) is 15.0. The van der Waals surface area contributed by atoms with Crippen molar-refractivity contribution in [2.45, 2.75) is 17.1 Å². The third kappa shape index (κ3) is 5.13. The van der Waals surface area contributed by atoms with Gasteiger partial charge < -0.3 is 18.8 Å². The second-order valence-electron chi connectivity index (χ2n) is 6.53. The molecule has 7 nitrogen and oxygen atoms in total. The third-order valence-corrected chi connectivity index (χ3v) is 5.89. The Hall–Kier alpha value is -2.55. The monoisotopic (exact) mass is 445 g/mol. The molecule has 1 fully saturated rings. The standard InChI is InChI=1S/C21H20ClN3O4S/c22-16-8-4-5-9-17(16)28-14-18-23-24-21(29-18)30-19(15-6-2-1-3-7-15)20(26)25-10-12-27-13-11-25/h1-9,19H,10-14H2/t19-/m1/s1. The van der Waals surface area contributed by atoms with Crippen molar-refractivity contribution in [1.29, 1.82) is 0 Å². The molecule has 1 aromatic heterocycles. The summed E-state index contributed by atoms with van der Waals surface area (Å²) in [6, 6.07) is 16.7. The fraction of sp³-hybridized carbons (Fsp3) is 0.286. The van der Waals surface area contributed by atoms with E-state index in [0.717, 1.165) is 5.56 Å². The molecule has 2 heterocycles. The van der Waals surface area contributed by atoms with E-state index < -0.39 is 5.25 Å². The van der Waals surface area contributed by atoms with Crippen LogP contribution in [0.1, 0.15) is 16.7 Å². The molecule has 0 N–H and O–H groups in total. The van der Waals surface area contributed by atoms with Gasteiger partial charge in [-0.15, -0.1) is 10.2 Å². The Labute approximate surface area is 183 Å². The van der Waals surface area contributed by atoms with Gasteiger partial charge in [0.25, 0.3) is 11.1 Å². The summed E-state index contributed by atoms with van der Waals surface area (Å²) >= 11 is 7.33. The van der Waals surface area contributed by atoms with Crippen molar-refractivity contribution in [2.75, 3.05) is 26.3 Å². The van der Waals surface area contributed by atoms with Crippen LogP contribution in [0.25, 0.3) is 0 Å². The van der Waals surface area contributed by atoms with E-state index in [-0.39, 0.29) is 12.5 Å². The number of para-hydroxylation sites is 1. The highest BCUT2D eigenvalue weighted by atomic mass is 35.5. The van der Waals surface area contributed by atoms with Gasteiger partial charge in [-0.1, -0.05) is 54.1 Å². The molecular weight excluding hydrogens is 426 g/mol. The number of carbonyl (C=O) groups excluding carboxylic acids is 1. The topological polar surface area (TPSA) is 77.7 Å². The Bertz CT molecular complexity index is 979. The molecule has 3 aromatic rings. The lowest BCUT2D eigenvalue weighted by Crippen LogP contribution is -2.42. The molecule has 1 atom stereocenters. The van der Waals surface area contributed by atoms with Gasteiger partial charge in [0.05, 0.1) is 18.2 Å². The summed E-state index contributed by atoms with van der Waals surface area (Å²) < 4.78 is 16.7. The summed E-state index contributed by atoms with van der Waals surface area (Å²) in [5.74, 6) is 0.848. The molecular formula is C21H20ClN3O4S. The first kappa shape index (κ1) is 20.7. The van der Waals surface area contributed by atoms with Crippen molar-refractivity contribution in [3.8, 4) is 5.75 Å². The van der Waals surface area contributed by atoms with Crippen LogP contribution in [0.15, 0.2) is 64.2 Å². The first-order chi connectivity index (χ1) is 14.7. The predicted molar refractivity (Wildman–Crippen MR) is 113 cm³/mol. The molecule has 0 radical (unpaired) electrons. The highest BCUT2D eigenvalue weighted by molar-refractivity contribution is 8.00. The molecule has 0 bridgehead atoms. The lowest BCUT2D eigenvalue weighted by atomic mass is 10.1. The average molecular weight is 446 g/mol. The number of morpholine rings is 1. The third-order valence-electron chi connectivity index (χ3n) is 4.50. The largest absolute Gasteiger partial charge is 0.482 e. The normalized spacial score (nSPS) is 15.0. The number of thioether (sulfide) groups is 1. The zero-order valence-electron chi connectivity index (χ0n) is 16.1. The van der Waals surface area contributed by atoms with Gasteiger partial charge in [-0.25, -0.2) is 0 Å². The molecule has 1 saturated heterocycles. The highest BCUT2D eigenvalue weighted by Crippen LogP contribution is 2.36. The second-order valence-corrected chi connectivity index (χ2v) is 7.99. The van der Waals surface area contributed by atoms with Gasteiger partial charge in [0, 0.05) is 13.1 Å². The minimum atomic E-state index is -0.484. The van der Waals surface area contributed by atoms with E-state index in [2.05, 4.69) is 10.2 Å². The number of amides is 1. The second kappa shape index (κ2) is 9.97. The van der Waals surface area contributed by atoms with E-state index >= 15 is 0 Å². The molecule has 0 spiro atoms. The van der Waals surface area contributed by atoms with Crippen molar-refractivity contribution in [2.24, 2.45) is 0 Å². The van der Waals surface area contributed by atoms with Crippen LogP contribution in [0.3, 0.4) is 0 Å². The van der Waals surface area contributed by atoms with Crippen LogP contribution in [-0.2, 0) is 16.1 Å². The molecule has 0 saturated carbocycles. The minimum absolute atomic E-state index is 0.00145. The Morgan fingerprint density at radius 3 is 2.60 bits per heavy atom. The van der Waals surface area contributed by atoms with Gasteiger partial charge in [-0.3, -0.25) is 4.79 Å². The molecule has 0 aliphatic carbocycles. The number of carbonyl (C=O) groups is 1. The van der Waals surface area contributed by atoms with Gasteiger partial charge in [0.1, 0.15) is 11.0 Å². The zero-order chi connectivity index (χ0) is 20.8. The van der Waals surface area contributed by atoms with E-state index in [1.807, 2.05) is 47.4 Å². The number of benzene rings is 2. The number of hydrogen-bond acceptors (Lipinski definition) is 7. The predicted octanol–water partition coefficient (Wildman–Crippen LogP) is 3.99. The van der Waals surface area contributed by atoms with Gasteiger partial charge in [-0.05, 0) is 29.5 Å². The Kier molecular flexibility index (Phi) is 6.88. The van der Waals surface area contributed by atoms with Crippen LogP contribution < -0.4 is 4.74 Å². The lowest BCUT2D eigenvalue weighted by Gasteiger charge is -2.29. The van der Waals surface area contributed by atoms with E-state index in [1.165, 1.54) is 11.8 Å². The van der Waals surface area contributed by atoms with Crippen molar-refractivity contribution < 1.29 is 18.7 Å². The Balaban J connectivity index is 1.46. The summed E-state index contributed by atoms with van der Waals surface area (Å²) in [7, 11) is 0. The van der Waals surface area contributed by atoms with E-state index in [1.54, 1.807) is 12.1 Å². The molecule has 156 valence electrons. The first-order valence-corrected chi connectivity index (χ1v) is 10.7. The van der Waals surface area contributed by atoms with Crippen molar-refractivity contribution >= 4 is 29.3 Å². The van der Waals surface area contributed by atoms with E-state index in [9.17, 15) is 4.79 Å². The van der Waals surface area contributed by atoms with Crippen molar-refractivity contribution in [3.63, 3.8) is 0 Å². The molecule has 1 aliphatic rings. The van der Waals surface area contributed by atoms with Crippen molar-refractivity contribution in [1.82, 2.24) is 15.1 Å². The molecule has 30 heavy (non-hydrogen) atoms. The van der Waals surface area contributed by atoms with E-state index in [4.69, 9.17) is 25.5 Å². The van der Waals surface area contributed by atoms with Gasteiger partial charge in [-0.2, -0.15) is 0 Å². The van der Waals surface area contributed by atoms with Crippen LogP contribution in [0, 0.1) is 0 Å². The maximum Gasteiger partial charge on any atom is 0.277 e. The minimum Gasteiger partial charge on any atom is -0.482 e. The maximum absolute atomic E-state index is 13.2. The van der Waals surface area contributed by atoms with Crippen LogP contribution >= 0.6 is 23.4 Å². The van der Waals surface area contributed by atoms with Crippen LogP contribution in [0.5, 0.6) is 5.75 Å². The Morgan fingerprint density at radius 2 is 1.83 bits per heavy atom. The number of halogens is 1. The van der Waals surface area contributed by atoms with Gasteiger partial charge >= 0.3 is 0 Å². The molecule has 2 aromatic carbocycles. The summed E-state index contributed by atoms with van der Waals surface area (Å²) in [6.45, 7) is 2.32. The number of ether oxygens (including phenoxy) is 2. The fourth-order valence-corrected chi connectivity index (χ4v) is 4.15. The zero-order valence-corrected chi connectivity index (χ0v) is 17.6.